The van der Waals surface area contributed by atoms with Crippen molar-refractivity contribution in [2.24, 2.45) is 0 Å². The molecule has 0 saturated carbocycles. The molecule has 29 heavy (non-hydrogen) atoms. The van der Waals surface area contributed by atoms with Crippen LogP contribution < -0.4 is 14.8 Å². The van der Waals surface area contributed by atoms with Crippen molar-refractivity contribution in [1.29, 1.82) is 0 Å². The molecule has 1 amide bonds. The van der Waals surface area contributed by atoms with E-state index in [1.807, 2.05) is 36.4 Å². The Morgan fingerprint density at radius 2 is 1.69 bits per heavy atom. The third-order valence-corrected chi connectivity index (χ3v) is 4.13. The molecule has 0 aliphatic heterocycles. The van der Waals surface area contributed by atoms with Gasteiger partial charge in [0.15, 0.2) is 11.5 Å². The summed E-state index contributed by atoms with van der Waals surface area (Å²) >= 11 is 0. The van der Waals surface area contributed by atoms with Crippen molar-refractivity contribution in [3.63, 3.8) is 0 Å². The molecule has 0 fully saturated rings. The number of hydrogen-bond acceptors (Lipinski definition) is 5. The normalized spacial score (nSPS) is 12.0. The molecular formula is C22H27NO6. The van der Waals surface area contributed by atoms with Crippen LogP contribution in [0.3, 0.4) is 0 Å². The van der Waals surface area contributed by atoms with Crippen molar-refractivity contribution in [1.82, 2.24) is 5.32 Å². The van der Waals surface area contributed by atoms with Crippen molar-refractivity contribution in [3.8, 4) is 22.6 Å². The molecule has 156 valence electrons. The highest BCUT2D eigenvalue weighted by Crippen LogP contribution is 2.34. The number of carboxylic acid groups (broad SMARTS) is 1. The summed E-state index contributed by atoms with van der Waals surface area (Å²) in [7, 11) is 3.12. The van der Waals surface area contributed by atoms with E-state index in [0.29, 0.717) is 11.5 Å². The lowest BCUT2D eigenvalue weighted by Crippen LogP contribution is -2.44. The summed E-state index contributed by atoms with van der Waals surface area (Å²) in [6.07, 6.45) is -0.674. The Labute approximate surface area is 170 Å². The van der Waals surface area contributed by atoms with Crippen LogP contribution in [0.15, 0.2) is 42.5 Å². The largest absolute Gasteiger partial charge is 0.493 e. The van der Waals surface area contributed by atoms with Crippen LogP contribution in [-0.2, 0) is 16.0 Å². The van der Waals surface area contributed by atoms with Gasteiger partial charge in [0, 0.05) is 6.42 Å². The standard InChI is InChI=1S/C22H27NO6/c1-22(2,3)29-21(26)23-17(20(24)25)12-14-8-6-7-9-16(14)15-10-11-18(27-4)19(13-15)28-5/h6-11,13,17H,12H2,1-5H3,(H,23,26)(H,24,25). The van der Waals surface area contributed by atoms with Crippen LogP contribution in [0, 0.1) is 0 Å². The molecule has 2 aromatic carbocycles. The Morgan fingerprint density at radius 1 is 1.03 bits per heavy atom. The third kappa shape index (κ3) is 6.14. The number of hydrogen-bond donors (Lipinski definition) is 2. The average molecular weight is 401 g/mol. The number of rotatable bonds is 7. The van der Waals surface area contributed by atoms with Crippen molar-refractivity contribution in [2.45, 2.75) is 38.8 Å². The van der Waals surface area contributed by atoms with E-state index in [-0.39, 0.29) is 6.42 Å². The zero-order chi connectivity index (χ0) is 21.6. The second-order valence-corrected chi connectivity index (χ2v) is 7.47. The maximum Gasteiger partial charge on any atom is 0.408 e. The van der Waals surface area contributed by atoms with E-state index in [1.54, 1.807) is 41.1 Å². The number of benzene rings is 2. The van der Waals surface area contributed by atoms with Crippen LogP contribution in [0.25, 0.3) is 11.1 Å². The molecule has 0 bridgehead atoms. The molecule has 0 aliphatic rings. The van der Waals surface area contributed by atoms with E-state index in [4.69, 9.17) is 14.2 Å². The van der Waals surface area contributed by atoms with Gasteiger partial charge < -0.3 is 24.6 Å². The van der Waals surface area contributed by atoms with E-state index in [9.17, 15) is 14.7 Å². The molecule has 0 aliphatic carbocycles. The SMILES string of the molecule is COc1ccc(-c2ccccc2CC(NC(=O)OC(C)(C)C)C(=O)O)cc1OC. The first-order valence-corrected chi connectivity index (χ1v) is 9.17. The molecule has 7 nitrogen and oxygen atoms in total. The predicted octanol–water partition coefficient (Wildman–Crippen LogP) is 3.89. The van der Waals surface area contributed by atoms with Gasteiger partial charge in [-0.1, -0.05) is 30.3 Å². The second-order valence-electron chi connectivity index (χ2n) is 7.47. The molecule has 2 aromatic rings. The molecule has 0 saturated heterocycles. The minimum absolute atomic E-state index is 0.0963. The van der Waals surface area contributed by atoms with Gasteiger partial charge in [0.1, 0.15) is 11.6 Å². The molecule has 0 radical (unpaired) electrons. The smallest absolute Gasteiger partial charge is 0.408 e. The quantitative estimate of drug-likeness (QED) is 0.731. The molecule has 2 N–H and O–H groups in total. The Hall–Kier alpha value is -3.22. The fourth-order valence-electron chi connectivity index (χ4n) is 2.85. The van der Waals surface area contributed by atoms with E-state index < -0.39 is 23.7 Å². The van der Waals surface area contributed by atoms with Gasteiger partial charge in [-0.15, -0.1) is 0 Å². The number of carbonyl (C=O) groups is 2. The summed E-state index contributed by atoms with van der Waals surface area (Å²) in [5.74, 6) is 0.0307. The zero-order valence-corrected chi connectivity index (χ0v) is 17.3. The number of carboxylic acids is 1. The summed E-state index contributed by atoms with van der Waals surface area (Å²) in [6.45, 7) is 5.15. The summed E-state index contributed by atoms with van der Waals surface area (Å²) < 4.78 is 15.8. The minimum Gasteiger partial charge on any atom is -0.493 e. The molecule has 1 unspecified atom stereocenters. The van der Waals surface area contributed by atoms with Crippen molar-refractivity contribution in [3.05, 3.63) is 48.0 Å². The first-order chi connectivity index (χ1) is 13.6. The highest BCUT2D eigenvalue weighted by atomic mass is 16.6. The minimum atomic E-state index is -1.14. The Kier molecular flexibility index (Phi) is 7.09. The fourth-order valence-corrected chi connectivity index (χ4v) is 2.85. The van der Waals surface area contributed by atoms with Crippen LogP contribution in [-0.4, -0.2) is 43.0 Å². The van der Waals surface area contributed by atoms with Crippen LogP contribution in [0.4, 0.5) is 4.79 Å². The van der Waals surface area contributed by atoms with Crippen molar-refractivity contribution >= 4 is 12.1 Å². The predicted molar refractivity (Wildman–Crippen MR) is 109 cm³/mol. The summed E-state index contributed by atoms with van der Waals surface area (Å²) in [4.78, 5) is 23.8. The second kappa shape index (κ2) is 9.32. The molecule has 2 rings (SSSR count). The highest BCUT2D eigenvalue weighted by Gasteiger charge is 2.25. The number of alkyl carbamates (subject to hydrolysis) is 1. The first-order valence-electron chi connectivity index (χ1n) is 9.17. The average Bonchev–Trinajstić information content (AvgIpc) is 2.65. The lowest BCUT2D eigenvalue weighted by Gasteiger charge is -2.22. The van der Waals surface area contributed by atoms with Gasteiger partial charge in [0.25, 0.3) is 0 Å². The van der Waals surface area contributed by atoms with Gasteiger partial charge in [0.05, 0.1) is 14.2 Å². The molecule has 7 heteroatoms. The van der Waals surface area contributed by atoms with E-state index in [1.165, 1.54) is 0 Å². The van der Waals surface area contributed by atoms with Gasteiger partial charge >= 0.3 is 12.1 Å². The number of amides is 1. The van der Waals surface area contributed by atoms with E-state index in [0.717, 1.165) is 16.7 Å². The molecular weight excluding hydrogens is 374 g/mol. The van der Waals surface area contributed by atoms with Crippen LogP contribution >= 0.6 is 0 Å². The van der Waals surface area contributed by atoms with Crippen LogP contribution in [0.1, 0.15) is 26.3 Å². The lowest BCUT2D eigenvalue weighted by atomic mass is 9.95. The van der Waals surface area contributed by atoms with Gasteiger partial charge in [-0.3, -0.25) is 0 Å². The number of aliphatic carboxylic acids is 1. The molecule has 0 heterocycles. The lowest BCUT2D eigenvalue weighted by molar-refractivity contribution is -0.139. The first kappa shape index (κ1) is 22.1. The maximum absolute atomic E-state index is 12.0. The highest BCUT2D eigenvalue weighted by molar-refractivity contribution is 5.81. The number of ether oxygens (including phenoxy) is 3. The Balaban J connectivity index is 2.31. The van der Waals surface area contributed by atoms with Gasteiger partial charge in [0.2, 0.25) is 0 Å². The summed E-state index contributed by atoms with van der Waals surface area (Å²) in [5, 5.41) is 12.0. The number of nitrogens with one attached hydrogen (secondary N) is 1. The van der Waals surface area contributed by atoms with Crippen molar-refractivity contribution in [2.75, 3.05) is 14.2 Å². The maximum atomic E-state index is 12.0. The summed E-state index contributed by atoms with van der Waals surface area (Å²) in [6, 6.07) is 11.8. The number of methoxy groups -OCH3 is 2. The van der Waals surface area contributed by atoms with Crippen molar-refractivity contribution < 1.29 is 28.9 Å². The molecule has 0 aromatic heterocycles. The van der Waals surface area contributed by atoms with Crippen LogP contribution in [0.5, 0.6) is 11.5 Å². The topological polar surface area (TPSA) is 94.1 Å². The van der Waals surface area contributed by atoms with Gasteiger partial charge in [-0.2, -0.15) is 0 Å². The monoisotopic (exact) mass is 401 g/mol. The number of carbonyl (C=O) groups excluding carboxylic acids is 1. The Bertz CT molecular complexity index is 872. The molecule has 1 atom stereocenters. The van der Waals surface area contributed by atoms with Gasteiger partial charge in [-0.25, -0.2) is 9.59 Å². The van der Waals surface area contributed by atoms with Gasteiger partial charge in [-0.05, 0) is 49.6 Å². The zero-order valence-electron chi connectivity index (χ0n) is 17.3. The molecule has 0 spiro atoms. The Morgan fingerprint density at radius 3 is 2.28 bits per heavy atom. The third-order valence-electron chi connectivity index (χ3n) is 4.13. The van der Waals surface area contributed by atoms with E-state index in [2.05, 4.69) is 5.32 Å². The van der Waals surface area contributed by atoms with Crippen LogP contribution in [0.2, 0.25) is 0 Å². The fraction of sp³-hybridized carbons (Fsp3) is 0.364. The summed E-state index contributed by atoms with van der Waals surface area (Å²) in [5.41, 5.74) is 1.73. The van der Waals surface area contributed by atoms with E-state index >= 15 is 0 Å².